The third kappa shape index (κ3) is 3.28. The van der Waals surface area contributed by atoms with Crippen molar-refractivity contribution in [2.75, 3.05) is 0 Å². The average Bonchev–Trinajstić information content (AvgIpc) is 3.37. The minimum absolute atomic E-state index is 0.0494. The molecular formula is C26H20FN3OS. The van der Waals surface area contributed by atoms with Gasteiger partial charge in [0.1, 0.15) is 5.82 Å². The molecule has 158 valence electrons. The first-order valence-corrected chi connectivity index (χ1v) is 11.5. The van der Waals surface area contributed by atoms with Gasteiger partial charge in [0.05, 0.1) is 22.0 Å². The molecule has 2 heterocycles. The number of hydrogen-bond acceptors (Lipinski definition) is 3. The molecule has 0 saturated heterocycles. The van der Waals surface area contributed by atoms with E-state index in [4.69, 9.17) is 4.98 Å². The minimum atomic E-state index is -0.261. The molecule has 4 nitrogen and oxygen atoms in total. The van der Waals surface area contributed by atoms with E-state index >= 15 is 0 Å². The number of hydrogen-bond donors (Lipinski definition) is 1. The van der Waals surface area contributed by atoms with E-state index in [2.05, 4.69) is 23.5 Å². The first-order chi connectivity index (χ1) is 15.7. The van der Waals surface area contributed by atoms with E-state index in [-0.39, 0.29) is 17.8 Å². The SMILES string of the molecule is O=C(N[C@H]1CCCc2ccccc21)c1ccc2c(c1)sc1nc(-c3ccc(F)cc3)cn12. The number of benzene rings is 3. The fraction of sp³-hybridized carbons (Fsp3) is 0.154. The first kappa shape index (κ1) is 19.2. The number of halogens is 1. The standard InChI is InChI=1S/C26H20FN3OS/c27-19-11-8-17(9-12-19)22-15-30-23-13-10-18(14-24(23)32-26(30)29-22)25(31)28-21-7-3-5-16-4-1-2-6-20(16)21/h1-2,4,6,8-15,21H,3,5,7H2,(H,28,31)/t21-/m0/s1. The highest BCUT2D eigenvalue weighted by Gasteiger charge is 2.22. The van der Waals surface area contributed by atoms with Gasteiger partial charge < -0.3 is 5.32 Å². The van der Waals surface area contributed by atoms with Gasteiger partial charge in [-0.3, -0.25) is 9.20 Å². The van der Waals surface area contributed by atoms with Crippen molar-refractivity contribution >= 4 is 32.4 Å². The van der Waals surface area contributed by atoms with Crippen molar-refractivity contribution < 1.29 is 9.18 Å². The lowest BCUT2D eigenvalue weighted by atomic mass is 9.87. The molecule has 6 rings (SSSR count). The Kier molecular flexibility index (Phi) is 4.54. The predicted molar refractivity (Wildman–Crippen MR) is 126 cm³/mol. The Labute approximate surface area is 188 Å². The molecule has 1 aliphatic carbocycles. The van der Waals surface area contributed by atoms with Crippen LogP contribution in [0, 0.1) is 5.82 Å². The number of carbonyl (C=O) groups excluding carboxylic acids is 1. The highest BCUT2D eigenvalue weighted by Crippen LogP contribution is 2.32. The lowest BCUT2D eigenvalue weighted by Gasteiger charge is -2.26. The molecule has 5 aromatic rings. The van der Waals surface area contributed by atoms with E-state index in [9.17, 15) is 9.18 Å². The molecule has 0 unspecified atom stereocenters. The summed E-state index contributed by atoms with van der Waals surface area (Å²) in [7, 11) is 0. The van der Waals surface area contributed by atoms with Gasteiger partial charge in [0.15, 0.2) is 4.96 Å². The summed E-state index contributed by atoms with van der Waals surface area (Å²) in [6, 6.07) is 20.6. The zero-order chi connectivity index (χ0) is 21.7. The highest BCUT2D eigenvalue weighted by molar-refractivity contribution is 7.23. The van der Waals surface area contributed by atoms with Gasteiger partial charge in [0, 0.05) is 17.3 Å². The Bertz CT molecular complexity index is 1470. The molecule has 0 radical (unpaired) electrons. The molecule has 0 fully saturated rings. The number of nitrogens with one attached hydrogen (secondary N) is 1. The van der Waals surface area contributed by atoms with E-state index in [0.29, 0.717) is 5.56 Å². The van der Waals surface area contributed by atoms with E-state index in [0.717, 1.165) is 45.7 Å². The lowest BCUT2D eigenvalue weighted by molar-refractivity contribution is 0.0933. The van der Waals surface area contributed by atoms with Gasteiger partial charge in [-0.15, -0.1) is 0 Å². The third-order valence-corrected chi connectivity index (χ3v) is 7.19. The lowest BCUT2D eigenvalue weighted by Crippen LogP contribution is -2.30. The van der Waals surface area contributed by atoms with Gasteiger partial charge in [0.25, 0.3) is 5.91 Å². The zero-order valence-corrected chi connectivity index (χ0v) is 18.0. The molecule has 1 amide bonds. The second kappa shape index (κ2) is 7.57. The molecular weight excluding hydrogens is 421 g/mol. The van der Waals surface area contributed by atoms with Crippen LogP contribution in [0.2, 0.25) is 0 Å². The molecule has 1 N–H and O–H groups in total. The Morgan fingerprint density at radius 2 is 1.94 bits per heavy atom. The molecule has 32 heavy (non-hydrogen) atoms. The smallest absolute Gasteiger partial charge is 0.251 e. The summed E-state index contributed by atoms with van der Waals surface area (Å²) in [6.45, 7) is 0. The van der Waals surface area contributed by atoms with Gasteiger partial charge in [-0.25, -0.2) is 9.37 Å². The van der Waals surface area contributed by atoms with E-state index in [1.807, 2.05) is 34.9 Å². The van der Waals surface area contributed by atoms with Gasteiger partial charge >= 0.3 is 0 Å². The fourth-order valence-electron chi connectivity index (χ4n) is 4.55. The predicted octanol–water partition coefficient (Wildman–Crippen LogP) is 6.16. The van der Waals surface area contributed by atoms with Crippen LogP contribution in [0.5, 0.6) is 0 Å². The summed E-state index contributed by atoms with van der Waals surface area (Å²) in [5, 5.41) is 3.23. The van der Waals surface area contributed by atoms with Crippen LogP contribution in [0.15, 0.2) is 72.9 Å². The third-order valence-electron chi connectivity index (χ3n) is 6.17. The van der Waals surface area contributed by atoms with Crippen LogP contribution in [0.1, 0.15) is 40.4 Å². The number of rotatable bonds is 3. The maximum Gasteiger partial charge on any atom is 0.251 e. The molecule has 1 atom stereocenters. The average molecular weight is 442 g/mol. The molecule has 1 aliphatic rings. The number of aryl methyl sites for hydroxylation is 1. The van der Waals surface area contributed by atoms with Crippen LogP contribution < -0.4 is 5.32 Å². The van der Waals surface area contributed by atoms with Crippen LogP contribution in [-0.2, 0) is 6.42 Å². The summed E-state index contributed by atoms with van der Waals surface area (Å²) in [4.78, 5) is 18.6. The molecule has 0 aliphatic heterocycles. The number of amides is 1. The Hall–Kier alpha value is -3.51. The first-order valence-electron chi connectivity index (χ1n) is 10.7. The number of aromatic nitrogens is 2. The van der Waals surface area contributed by atoms with E-state index in [1.165, 1.54) is 23.3 Å². The second-order valence-corrected chi connectivity index (χ2v) is 9.20. The second-order valence-electron chi connectivity index (χ2n) is 8.19. The van der Waals surface area contributed by atoms with E-state index in [1.54, 1.807) is 23.5 Å². The summed E-state index contributed by atoms with van der Waals surface area (Å²) >= 11 is 1.54. The zero-order valence-electron chi connectivity index (χ0n) is 17.2. The number of carbonyl (C=O) groups is 1. The Morgan fingerprint density at radius 1 is 1.09 bits per heavy atom. The van der Waals surface area contributed by atoms with Gasteiger partial charge in [-0.05, 0) is 72.9 Å². The van der Waals surface area contributed by atoms with Crippen molar-refractivity contribution in [2.24, 2.45) is 0 Å². The number of nitrogens with zero attached hydrogens (tertiary/aromatic N) is 2. The van der Waals surface area contributed by atoms with Crippen molar-refractivity contribution in [1.82, 2.24) is 14.7 Å². The molecule has 2 aromatic heterocycles. The van der Waals surface area contributed by atoms with Crippen molar-refractivity contribution in [2.45, 2.75) is 25.3 Å². The van der Waals surface area contributed by atoms with Crippen LogP contribution in [0.3, 0.4) is 0 Å². The van der Waals surface area contributed by atoms with Crippen molar-refractivity contribution in [3.8, 4) is 11.3 Å². The molecule has 6 heteroatoms. The maximum absolute atomic E-state index is 13.2. The number of fused-ring (bicyclic) bond motifs is 4. The molecule has 0 bridgehead atoms. The quantitative estimate of drug-likeness (QED) is 0.364. The van der Waals surface area contributed by atoms with Crippen LogP contribution in [0.25, 0.3) is 26.4 Å². The minimum Gasteiger partial charge on any atom is -0.345 e. The van der Waals surface area contributed by atoms with Crippen LogP contribution >= 0.6 is 11.3 Å². The van der Waals surface area contributed by atoms with Crippen molar-refractivity contribution in [3.63, 3.8) is 0 Å². The van der Waals surface area contributed by atoms with Crippen LogP contribution in [-0.4, -0.2) is 15.3 Å². The maximum atomic E-state index is 13.2. The van der Waals surface area contributed by atoms with Crippen molar-refractivity contribution in [3.05, 3.63) is 95.4 Å². The summed E-state index contributed by atoms with van der Waals surface area (Å²) < 4.78 is 16.3. The van der Waals surface area contributed by atoms with E-state index < -0.39 is 0 Å². The molecule has 0 spiro atoms. The van der Waals surface area contributed by atoms with Gasteiger partial charge in [0.2, 0.25) is 0 Å². The van der Waals surface area contributed by atoms with Gasteiger partial charge in [-0.1, -0.05) is 35.6 Å². The largest absolute Gasteiger partial charge is 0.345 e. The Balaban J connectivity index is 1.29. The number of imidazole rings is 1. The number of thiazole rings is 1. The molecule has 0 saturated carbocycles. The highest BCUT2D eigenvalue weighted by atomic mass is 32.1. The summed E-state index contributed by atoms with van der Waals surface area (Å²) in [5.74, 6) is -0.311. The summed E-state index contributed by atoms with van der Waals surface area (Å²) in [5.41, 5.74) is 5.90. The monoisotopic (exact) mass is 441 g/mol. The molecule has 3 aromatic carbocycles. The van der Waals surface area contributed by atoms with Gasteiger partial charge in [-0.2, -0.15) is 0 Å². The topological polar surface area (TPSA) is 46.4 Å². The normalized spacial score (nSPS) is 15.7. The fourth-order valence-corrected chi connectivity index (χ4v) is 5.59. The van der Waals surface area contributed by atoms with Crippen molar-refractivity contribution in [1.29, 1.82) is 0 Å². The Morgan fingerprint density at radius 3 is 2.81 bits per heavy atom. The summed E-state index contributed by atoms with van der Waals surface area (Å²) in [6.07, 6.45) is 5.08. The van der Waals surface area contributed by atoms with Crippen LogP contribution in [0.4, 0.5) is 4.39 Å².